The molecule has 7 heteroatoms. The van der Waals surface area contributed by atoms with Crippen LogP contribution in [0.2, 0.25) is 0 Å². The zero-order valence-electron chi connectivity index (χ0n) is 12.7. The van der Waals surface area contributed by atoms with E-state index in [1.807, 2.05) is 20.8 Å². The van der Waals surface area contributed by atoms with E-state index < -0.39 is 9.84 Å². The number of aromatic hydroxyl groups is 1. The number of rotatable bonds is 4. The summed E-state index contributed by atoms with van der Waals surface area (Å²) in [6.45, 7) is 5.77. The van der Waals surface area contributed by atoms with Gasteiger partial charge in [0.15, 0.2) is 9.84 Å². The molecule has 0 aromatic heterocycles. The average molecular weight is 314 g/mol. The topological polar surface area (TPSA) is 109 Å². The van der Waals surface area contributed by atoms with Crippen LogP contribution in [0.25, 0.3) is 0 Å². The molecule has 0 spiro atoms. The molecular weight excluding hydrogens is 292 g/mol. The van der Waals surface area contributed by atoms with E-state index in [0.29, 0.717) is 0 Å². The van der Waals surface area contributed by atoms with E-state index in [1.54, 1.807) is 0 Å². The van der Waals surface area contributed by atoms with Crippen molar-refractivity contribution in [1.82, 2.24) is 0 Å². The standard InChI is InChI=1S/C14H22N2O4S/c1-14(2,3)12(15)8-13(18)16-10-7-9(21(4,19)20)5-6-11(10)17/h5-7,12,17H,8,15H2,1-4H3,(H,16,18). The molecule has 0 aliphatic carbocycles. The van der Waals surface area contributed by atoms with Gasteiger partial charge in [0, 0.05) is 18.7 Å². The maximum absolute atomic E-state index is 11.9. The van der Waals surface area contributed by atoms with Crippen LogP contribution in [0.3, 0.4) is 0 Å². The Morgan fingerprint density at radius 3 is 2.43 bits per heavy atom. The average Bonchev–Trinajstić information content (AvgIpc) is 2.29. The first-order chi connectivity index (χ1) is 9.41. The highest BCUT2D eigenvalue weighted by Gasteiger charge is 2.23. The number of amides is 1. The van der Waals surface area contributed by atoms with Crippen molar-refractivity contribution in [3.63, 3.8) is 0 Å². The van der Waals surface area contributed by atoms with Gasteiger partial charge in [-0.2, -0.15) is 0 Å². The van der Waals surface area contributed by atoms with Gasteiger partial charge in [-0.05, 0) is 23.6 Å². The second kappa shape index (κ2) is 6.03. The summed E-state index contributed by atoms with van der Waals surface area (Å²) in [5, 5.41) is 12.2. The number of nitrogens with one attached hydrogen (secondary N) is 1. The number of hydrogen-bond donors (Lipinski definition) is 3. The highest BCUT2D eigenvalue weighted by molar-refractivity contribution is 7.90. The maximum Gasteiger partial charge on any atom is 0.226 e. The van der Waals surface area contributed by atoms with Gasteiger partial charge in [-0.25, -0.2) is 8.42 Å². The molecule has 0 saturated carbocycles. The normalized spacial score (nSPS) is 13.8. The Morgan fingerprint density at radius 2 is 1.95 bits per heavy atom. The number of anilines is 1. The molecule has 1 aromatic rings. The molecule has 118 valence electrons. The van der Waals surface area contributed by atoms with Crippen LogP contribution in [0.15, 0.2) is 23.1 Å². The maximum atomic E-state index is 11.9. The minimum Gasteiger partial charge on any atom is -0.506 e. The molecule has 6 nitrogen and oxygen atoms in total. The predicted octanol–water partition coefficient (Wildman–Crippen LogP) is 1.50. The summed E-state index contributed by atoms with van der Waals surface area (Å²) in [6.07, 6.45) is 1.13. The van der Waals surface area contributed by atoms with Gasteiger partial charge in [-0.15, -0.1) is 0 Å². The van der Waals surface area contributed by atoms with E-state index in [0.717, 1.165) is 6.26 Å². The SMILES string of the molecule is CC(C)(C)C(N)CC(=O)Nc1cc(S(C)(=O)=O)ccc1O. The second-order valence-corrected chi connectivity index (χ2v) is 8.19. The Kier molecular flexibility index (Phi) is 5.01. The molecule has 1 unspecified atom stereocenters. The summed E-state index contributed by atoms with van der Waals surface area (Å²) in [6, 6.07) is 3.39. The monoisotopic (exact) mass is 314 g/mol. The van der Waals surface area contributed by atoms with Crippen LogP contribution < -0.4 is 11.1 Å². The lowest BCUT2D eigenvalue weighted by molar-refractivity contribution is -0.117. The fraction of sp³-hybridized carbons (Fsp3) is 0.500. The van der Waals surface area contributed by atoms with E-state index >= 15 is 0 Å². The van der Waals surface area contributed by atoms with Gasteiger partial charge in [-0.1, -0.05) is 20.8 Å². The first-order valence-corrected chi connectivity index (χ1v) is 8.39. The molecule has 0 saturated heterocycles. The van der Waals surface area contributed by atoms with Crippen molar-refractivity contribution in [2.45, 2.75) is 38.1 Å². The molecule has 0 fully saturated rings. The van der Waals surface area contributed by atoms with Crippen molar-refractivity contribution in [2.75, 3.05) is 11.6 Å². The van der Waals surface area contributed by atoms with E-state index in [2.05, 4.69) is 5.32 Å². The number of phenolic OH excluding ortho intramolecular Hbond substituents is 1. The summed E-state index contributed by atoms with van der Waals surface area (Å²) in [4.78, 5) is 12.0. The fourth-order valence-corrected chi connectivity index (χ4v) is 2.20. The van der Waals surface area contributed by atoms with Gasteiger partial charge < -0.3 is 16.2 Å². The van der Waals surface area contributed by atoms with Gasteiger partial charge in [0.25, 0.3) is 0 Å². The zero-order valence-corrected chi connectivity index (χ0v) is 13.5. The summed E-state index contributed by atoms with van der Waals surface area (Å²) < 4.78 is 23.0. The number of carbonyl (C=O) groups excluding carboxylic acids is 1. The highest BCUT2D eigenvalue weighted by Crippen LogP contribution is 2.27. The molecular formula is C14H22N2O4S. The van der Waals surface area contributed by atoms with Crippen LogP contribution in [0.1, 0.15) is 27.2 Å². The van der Waals surface area contributed by atoms with Crippen molar-refractivity contribution in [2.24, 2.45) is 11.1 Å². The minimum atomic E-state index is -3.41. The lowest BCUT2D eigenvalue weighted by atomic mass is 9.85. The van der Waals surface area contributed by atoms with Crippen LogP contribution in [0.4, 0.5) is 5.69 Å². The van der Waals surface area contributed by atoms with Crippen LogP contribution in [0, 0.1) is 5.41 Å². The molecule has 1 atom stereocenters. The van der Waals surface area contributed by atoms with Crippen molar-refractivity contribution < 1.29 is 18.3 Å². The van der Waals surface area contributed by atoms with Crippen molar-refractivity contribution in [3.05, 3.63) is 18.2 Å². The predicted molar refractivity (Wildman–Crippen MR) is 81.9 cm³/mol. The van der Waals surface area contributed by atoms with Gasteiger partial charge in [0.2, 0.25) is 5.91 Å². The smallest absolute Gasteiger partial charge is 0.226 e. The third-order valence-electron chi connectivity index (χ3n) is 3.19. The Labute approximate surface area is 125 Å². The molecule has 1 rings (SSSR count). The Bertz CT molecular complexity index is 633. The number of benzene rings is 1. The first-order valence-electron chi connectivity index (χ1n) is 6.50. The molecule has 1 amide bonds. The lowest BCUT2D eigenvalue weighted by Gasteiger charge is -2.26. The summed E-state index contributed by atoms with van der Waals surface area (Å²) >= 11 is 0. The van der Waals surface area contributed by atoms with Crippen LogP contribution in [0.5, 0.6) is 5.75 Å². The molecule has 0 heterocycles. The van der Waals surface area contributed by atoms with Crippen LogP contribution >= 0.6 is 0 Å². The molecule has 0 bridgehead atoms. The molecule has 21 heavy (non-hydrogen) atoms. The van der Waals surface area contributed by atoms with E-state index in [4.69, 9.17) is 5.73 Å². The molecule has 0 radical (unpaired) electrons. The minimum absolute atomic E-state index is 0.0238. The highest BCUT2D eigenvalue weighted by atomic mass is 32.2. The van der Waals surface area contributed by atoms with Crippen LogP contribution in [-0.4, -0.2) is 31.7 Å². The lowest BCUT2D eigenvalue weighted by Crippen LogP contribution is -2.38. The Balaban J connectivity index is 2.91. The largest absolute Gasteiger partial charge is 0.506 e. The number of carbonyl (C=O) groups is 1. The number of phenols is 1. The van der Waals surface area contributed by atoms with E-state index in [9.17, 15) is 18.3 Å². The van der Waals surface area contributed by atoms with Gasteiger partial charge >= 0.3 is 0 Å². The number of nitrogens with two attached hydrogens (primary N) is 1. The number of hydrogen-bond acceptors (Lipinski definition) is 5. The second-order valence-electron chi connectivity index (χ2n) is 6.18. The van der Waals surface area contributed by atoms with Crippen molar-refractivity contribution in [3.8, 4) is 5.75 Å². The van der Waals surface area contributed by atoms with Gasteiger partial charge in [-0.3, -0.25) is 4.79 Å². The van der Waals surface area contributed by atoms with Crippen LogP contribution in [-0.2, 0) is 14.6 Å². The summed E-state index contributed by atoms with van der Waals surface area (Å²) in [5.41, 5.74) is 5.75. The van der Waals surface area contributed by atoms with E-state index in [-0.39, 0.29) is 40.1 Å². The Morgan fingerprint density at radius 1 is 1.38 bits per heavy atom. The van der Waals surface area contributed by atoms with E-state index in [1.165, 1.54) is 18.2 Å². The molecule has 0 aliphatic rings. The zero-order chi connectivity index (χ0) is 16.4. The summed E-state index contributed by atoms with van der Waals surface area (Å²) in [5.74, 6) is -0.571. The quantitative estimate of drug-likeness (QED) is 0.730. The molecule has 4 N–H and O–H groups in total. The molecule has 0 aliphatic heterocycles. The summed E-state index contributed by atoms with van der Waals surface area (Å²) in [7, 11) is -3.41. The van der Waals surface area contributed by atoms with Gasteiger partial charge in [0.05, 0.1) is 10.6 Å². The third kappa shape index (κ3) is 5.02. The van der Waals surface area contributed by atoms with Gasteiger partial charge in [0.1, 0.15) is 5.75 Å². The molecule has 1 aromatic carbocycles. The number of sulfone groups is 1. The fourth-order valence-electron chi connectivity index (χ4n) is 1.55. The van der Waals surface area contributed by atoms with Crippen molar-refractivity contribution in [1.29, 1.82) is 0 Å². The Hall–Kier alpha value is -1.60. The van der Waals surface area contributed by atoms with Crippen molar-refractivity contribution >= 4 is 21.4 Å². The third-order valence-corrected chi connectivity index (χ3v) is 4.30. The first kappa shape index (κ1) is 17.5.